The van der Waals surface area contributed by atoms with E-state index in [2.05, 4.69) is 21.3 Å². The van der Waals surface area contributed by atoms with Crippen LogP contribution in [0.2, 0.25) is 4.34 Å². The van der Waals surface area contributed by atoms with E-state index in [9.17, 15) is 0 Å². The van der Waals surface area contributed by atoms with E-state index in [1.54, 1.807) is 11.3 Å². The van der Waals surface area contributed by atoms with Crippen LogP contribution in [0.25, 0.3) is 0 Å². The number of ether oxygens (including phenoxy) is 1. The highest BCUT2D eigenvalue weighted by Crippen LogP contribution is 2.42. The van der Waals surface area contributed by atoms with Crippen LogP contribution in [-0.4, -0.2) is 34.3 Å². The first-order chi connectivity index (χ1) is 11.7. The summed E-state index contributed by atoms with van der Waals surface area (Å²) in [5.41, 5.74) is 0.990. The van der Waals surface area contributed by atoms with Crippen LogP contribution in [0.4, 0.5) is 0 Å². The van der Waals surface area contributed by atoms with Crippen molar-refractivity contribution in [1.82, 2.24) is 15.2 Å². The molecule has 4 rings (SSSR count). The molecular weight excluding hydrogens is 362 g/mol. The molecule has 7 heteroatoms. The third kappa shape index (κ3) is 3.16. The summed E-state index contributed by atoms with van der Waals surface area (Å²) < 4.78 is 6.62. The van der Waals surface area contributed by atoms with E-state index in [1.807, 2.05) is 30.5 Å². The van der Waals surface area contributed by atoms with Crippen molar-refractivity contribution in [1.29, 1.82) is 0 Å². The molecular formula is C17H18ClN3OS2. The highest BCUT2D eigenvalue weighted by Gasteiger charge is 2.41. The van der Waals surface area contributed by atoms with Crippen molar-refractivity contribution in [2.45, 2.75) is 31.0 Å². The second kappa shape index (κ2) is 6.96. The number of thiophene rings is 1. The van der Waals surface area contributed by atoms with Gasteiger partial charge < -0.3 is 15.0 Å². The maximum absolute atomic E-state index is 6.19. The number of thiocarbonyl (C=S) groups is 1. The zero-order valence-electron chi connectivity index (χ0n) is 13.0. The average molecular weight is 380 g/mol. The normalized spacial score (nSPS) is 26.8. The summed E-state index contributed by atoms with van der Waals surface area (Å²) in [6.07, 6.45) is 4.27. The molecule has 2 aromatic heterocycles. The Morgan fingerprint density at radius 3 is 2.96 bits per heavy atom. The number of rotatable bonds is 4. The summed E-state index contributed by atoms with van der Waals surface area (Å²) in [4.78, 5) is 7.97. The Morgan fingerprint density at radius 1 is 1.38 bits per heavy atom. The van der Waals surface area contributed by atoms with E-state index in [4.69, 9.17) is 28.6 Å². The maximum atomic E-state index is 6.19. The minimum absolute atomic E-state index is 0.0230. The molecule has 4 heterocycles. The fourth-order valence-electron chi connectivity index (χ4n) is 3.41. The van der Waals surface area contributed by atoms with E-state index in [0.717, 1.165) is 41.1 Å². The second-order valence-corrected chi connectivity index (χ2v) is 8.19. The average Bonchev–Trinajstić information content (AvgIpc) is 3.31. The van der Waals surface area contributed by atoms with E-state index >= 15 is 0 Å². The molecule has 0 bridgehead atoms. The van der Waals surface area contributed by atoms with Crippen molar-refractivity contribution in [3.8, 4) is 0 Å². The fourth-order valence-corrected chi connectivity index (χ4v) is 4.93. The highest BCUT2D eigenvalue weighted by atomic mass is 35.5. The number of nitrogens with zero attached hydrogens (tertiary/aromatic N) is 2. The Morgan fingerprint density at radius 2 is 2.29 bits per heavy atom. The summed E-state index contributed by atoms with van der Waals surface area (Å²) in [6, 6.07) is 10.1. The Balaban J connectivity index is 1.67. The lowest BCUT2D eigenvalue weighted by Gasteiger charge is -2.28. The van der Waals surface area contributed by atoms with E-state index in [0.29, 0.717) is 0 Å². The highest BCUT2D eigenvalue weighted by molar-refractivity contribution is 7.80. The van der Waals surface area contributed by atoms with Crippen molar-refractivity contribution in [2.24, 2.45) is 0 Å². The van der Waals surface area contributed by atoms with Crippen molar-refractivity contribution < 1.29 is 4.74 Å². The van der Waals surface area contributed by atoms with E-state index in [-0.39, 0.29) is 18.2 Å². The third-order valence-corrected chi connectivity index (χ3v) is 6.16. The first-order valence-corrected chi connectivity index (χ1v) is 9.67. The third-order valence-electron chi connectivity index (χ3n) is 4.51. The minimum Gasteiger partial charge on any atom is -0.376 e. The smallest absolute Gasteiger partial charge is 0.170 e. The first-order valence-electron chi connectivity index (χ1n) is 8.07. The van der Waals surface area contributed by atoms with Gasteiger partial charge in [-0.25, -0.2) is 0 Å². The molecule has 0 unspecified atom stereocenters. The fraction of sp³-hybridized carbons (Fsp3) is 0.412. The van der Waals surface area contributed by atoms with Gasteiger partial charge in [-0.1, -0.05) is 17.7 Å². The molecule has 4 nitrogen and oxygen atoms in total. The van der Waals surface area contributed by atoms with Crippen molar-refractivity contribution in [3.63, 3.8) is 0 Å². The molecule has 2 fully saturated rings. The molecule has 2 aliphatic rings. The zero-order valence-corrected chi connectivity index (χ0v) is 15.4. The van der Waals surface area contributed by atoms with Crippen LogP contribution < -0.4 is 5.32 Å². The molecule has 126 valence electrons. The van der Waals surface area contributed by atoms with E-state index < -0.39 is 0 Å². The molecule has 0 aliphatic carbocycles. The van der Waals surface area contributed by atoms with Crippen LogP contribution in [0.5, 0.6) is 0 Å². The molecule has 0 amide bonds. The summed E-state index contributed by atoms with van der Waals surface area (Å²) >= 11 is 13.4. The van der Waals surface area contributed by atoms with Crippen LogP contribution >= 0.6 is 35.2 Å². The molecule has 2 aromatic rings. The van der Waals surface area contributed by atoms with Gasteiger partial charge in [0.1, 0.15) is 0 Å². The first kappa shape index (κ1) is 16.3. The van der Waals surface area contributed by atoms with Gasteiger partial charge >= 0.3 is 0 Å². The number of halogens is 1. The Labute approximate surface area is 155 Å². The van der Waals surface area contributed by atoms with Crippen molar-refractivity contribution in [2.75, 3.05) is 13.2 Å². The number of hydrogen-bond acceptors (Lipinski definition) is 4. The van der Waals surface area contributed by atoms with Crippen LogP contribution in [0.3, 0.4) is 0 Å². The van der Waals surface area contributed by atoms with Crippen LogP contribution in [0.1, 0.15) is 35.5 Å². The molecule has 0 spiro atoms. The molecule has 0 radical (unpaired) electrons. The van der Waals surface area contributed by atoms with Crippen molar-refractivity contribution in [3.05, 3.63) is 51.4 Å². The molecule has 0 saturated carbocycles. The predicted molar refractivity (Wildman–Crippen MR) is 100 cm³/mol. The number of hydrogen-bond donors (Lipinski definition) is 1. The minimum atomic E-state index is 0.0230. The number of pyridine rings is 1. The topological polar surface area (TPSA) is 37.4 Å². The van der Waals surface area contributed by atoms with Crippen LogP contribution in [0.15, 0.2) is 36.5 Å². The van der Waals surface area contributed by atoms with Crippen LogP contribution in [-0.2, 0) is 4.74 Å². The lowest BCUT2D eigenvalue weighted by atomic mass is 10.0. The largest absolute Gasteiger partial charge is 0.376 e. The van der Waals surface area contributed by atoms with E-state index in [1.165, 1.54) is 4.88 Å². The van der Waals surface area contributed by atoms with Gasteiger partial charge in [0, 0.05) is 24.2 Å². The van der Waals surface area contributed by atoms with Gasteiger partial charge in [-0.05, 0) is 49.3 Å². The van der Waals surface area contributed by atoms with Gasteiger partial charge in [0.2, 0.25) is 0 Å². The summed E-state index contributed by atoms with van der Waals surface area (Å²) in [7, 11) is 0. The summed E-state index contributed by atoms with van der Waals surface area (Å²) in [5, 5.41) is 4.21. The Bertz CT molecular complexity index is 718. The number of aromatic nitrogens is 1. The van der Waals surface area contributed by atoms with Gasteiger partial charge in [-0.3, -0.25) is 4.98 Å². The standard InChI is InChI=1S/C17H18ClN3OS2/c18-14-7-6-13(24-14)16-15(12-5-1-2-8-19-12)20-17(23)21(16)10-11-4-3-9-22-11/h1-2,5-8,11,15-16H,3-4,9-10H2,(H,20,23)/t11-,15-,16+/m0/s1. The van der Waals surface area contributed by atoms with Crippen LogP contribution in [0, 0.1) is 0 Å². The van der Waals surface area contributed by atoms with Gasteiger partial charge in [0.25, 0.3) is 0 Å². The molecule has 2 saturated heterocycles. The quantitative estimate of drug-likeness (QED) is 0.814. The molecule has 0 aromatic carbocycles. The maximum Gasteiger partial charge on any atom is 0.170 e. The monoisotopic (exact) mass is 379 g/mol. The summed E-state index contributed by atoms with van der Waals surface area (Å²) in [6.45, 7) is 1.65. The predicted octanol–water partition coefficient (Wildman–Crippen LogP) is 3.95. The number of nitrogens with one attached hydrogen (secondary N) is 1. The molecule has 24 heavy (non-hydrogen) atoms. The molecule has 1 N–H and O–H groups in total. The lowest BCUT2D eigenvalue weighted by Crippen LogP contribution is -2.36. The van der Waals surface area contributed by atoms with Gasteiger partial charge in [-0.15, -0.1) is 11.3 Å². The molecule has 2 aliphatic heterocycles. The Kier molecular flexibility index (Phi) is 4.72. The van der Waals surface area contributed by atoms with Crippen molar-refractivity contribution >= 4 is 40.3 Å². The Hall–Kier alpha value is -1.21. The van der Waals surface area contributed by atoms with Gasteiger partial charge in [-0.2, -0.15) is 0 Å². The SMILES string of the molecule is S=C1N[C@@H](c2ccccn2)[C@@H](c2ccc(Cl)s2)N1C[C@@H]1CCCO1. The molecule has 3 atom stereocenters. The van der Waals surface area contributed by atoms with Gasteiger partial charge in [0.05, 0.1) is 28.2 Å². The second-order valence-electron chi connectivity index (χ2n) is 6.06. The zero-order chi connectivity index (χ0) is 16.5. The van der Waals surface area contributed by atoms with Gasteiger partial charge in [0.15, 0.2) is 5.11 Å². The summed E-state index contributed by atoms with van der Waals surface area (Å²) in [5.74, 6) is 0. The lowest BCUT2D eigenvalue weighted by molar-refractivity contribution is 0.0846.